The highest BCUT2D eigenvalue weighted by Crippen LogP contribution is 1.99. The van der Waals surface area contributed by atoms with Crippen LogP contribution in [0.15, 0.2) is 0 Å². The molecular formula is C22H52N6O8. The topological polar surface area (TPSA) is 125 Å². The molecule has 0 heterocycles. The molecule has 0 radical (unpaired) electrons. The molecule has 0 aromatic carbocycles. The number of nitrogens with zero attached hydrogens (tertiary/aromatic N) is 6. The highest BCUT2D eigenvalue weighted by molar-refractivity contribution is 5.67. The normalized spacial score (nSPS) is 9.61. The lowest BCUT2D eigenvalue weighted by Gasteiger charge is -2.22. The molecule has 0 aromatic rings. The van der Waals surface area contributed by atoms with Gasteiger partial charge in [0.05, 0.1) is 13.1 Å². The van der Waals surface area contributed by atoms with E-state index in [-0.39, 0.29) is 13.1 Å². The van der Waals surface area contributed by atoms with Crippen molar-refractivity contribution in [2.24, 2.45) is 0 Å². The minimum Gasteiger partial charge on any atom is -0.333 e. The molecule has 0 N–H and O–H groups in total. The van der Waals surface area contributed by atoms with E-state index in [0.29, 0.717) is 10.5 Å². The molecule has 0 saturated carbocycles. The lowest BCUT2D eigenvalue weighted by molar-refractivity contribution is -0.354. The van der Waals surface area contributed by atoms with Gasteiger partial charge in [-0.15, -0.1) is 0 Å². The molecule has 0 bridgehead atoms. The number of hydroxylamine groups is 4. The lowest BCUT2D eigenvalue weighted by Crippen LogP contribution is -2.38. The van der Waals surface area contributed by atoms with Crippen LogP contribution in [0.4, 0.5) is 0 Å². The van der Waals surface area contributed by atoms with Crippen LogP contribution in [0.5, 0.6) is 0 Å². The molecule has 0 aliphatic rings. The Bertz CT molecular complexity index is 458. The quantitative estimate of drug-likeness (QED) is 0.418. The zero-order chi connectivity index (χ0) is 30.0. The number of rotatable bonds is 7. The summed E-state index contributed by atoms with van der Waals surface area (Å²) in [5.74, 6) is -2.90. The summed E-state index contributed by atoms with van der Waals surface area (Å²) in [6.07, 6.45) is 0. The summed E-state index contributed by atoms with van der Waals surface area (Å²) in [4.78, 5) is 69.4. The first-order valence-electron chi connectivity index (χ1n) is 10.9. The van der Waals surface area contributed by atoms with Crippen molar-refractivity contribution in [2.75, 3.05) is 97.7 Å². The van der Waals surface area contributed by atoms with E-state index >= 15 is 0 Å². The number of hydrogen-bond acceptors (Lipinski definition) is 14. The van der Waals surface area contributed by atoms with Crippen molar-refractivity contribution in [3.63, 3.8) is 0 Å². The van der Waals surface area contributed by atoms with Crippen LogP contribution in [0, 0.1) is 0 Å². The fraction of sp³-hybridized carbons (Fsp3) is 0.818. The Morgan fingerprint density at radius 1 is 0.389 bits per heavy atom. The van der Waals surface area contributed by atoms with Gasteiger partial charge < -0.3 is 38.9 Å². The predicted molar refractivity (Wildman–Crippen MR) is 139 cm³/mol. The van der Waals surface area contributed by atoms with Gasteiger partial charge in [-0.05, 0) is 84.6 Å². The Balaban J connectivity index is -0.000000161. The van der Waals surface area contributed by atoms with Gasteiger partial charge in [0.25, 0.3) is 0 Å². The first kappa shape index (κ1) is 43.7. The molecule has 0 aromatic heterocycles. The fourth-order valence-corrected chi connectivity index (χ4v) is 0.957. The van der Waals surface area contributed by atoms with Crippen LogP contribution in [0.3, 0.4) is 0 Å². The summed E-state index contributed by atoms with van der Waals surface area (Å²) in [6.45, 7) is 3.97. The molecule has 0 amide bonds. The summed E-state index contributed by atoms with van der Waals surface area (Å²) in [5, 5.41) is 1.15. The standard InChI is InChI=1S/C10H16N2O8.4C3H9N/c1-7(13)17-11(18-8(2)14)5-6-12(19-9(3)15)20-10(4)16;4*1-4(2)3/h5-6H2,1-4H3;4*1-3H3. The number of hydrogen-bond donors (Lipinski definition) is 0. The maximum atomic E-state index is 10.8. The van der Waals surface area contributed by atoms with Gasteiger partial charge in [-0.3, -0.25) is 19.2 Å². The molecule has 0 aliphatic carbocycles. The molecule has 36 heavy (non-hydrogen) atoms. The van der Waals surface area contributed by atoms with Gasteiger partial charge in [0.15, 0.2) is 0 Å². The second kappa shape index (κ2) is 28.9. The van der Waals surface area contributed by atoms with Gasteiger partial charge in [-0.2, -0.15) is 0 Å². The largest absolute Gasteiger partial charge is 0.333 e. The molecule has 0 saturated heterocycles. The van der Waals surface area contributed by atoms with Gasteiger partial charge in [-0.25, -0.2) is 0 Å². The Labute approximate surface area is 218 Å². The molecule has 0 unspecified atom stereocenters. The van der Waals surface area contributed by atoms with E-state index in [1.54, 1.807) is 0 Å². The van der Waals surface area contributed by atoms with Crippen molar-refractivity contribution in [1.29, 1.82) is 0 Å². The van der Waals surface area contributed by atoms with Crippen molar-refractivity contribution >= 4 is 23.9 Å². The van der Waals surface area contributed by atoms with Crippen molar-refractivity contribution in [1.82, 2.24) is 30.1 Å². The van der Waals surface area contributed by atoms with Gasteiger partial charge in [0, 0.05) is 38.1 Å². The molecule has 0 rings (SSSR count). The van der Waals surface area contributed by atoms with E-state index in [4.69, 9.17) is 0 Å². The highest BCUT2D eigenvalue weighted by atomic mass is 17.0. The molecule has 14 nitrogen and oxygen atoms in total. The second-order valence-electron chi connectivity index (χ2n) is 8.81. The third-order valence-corrected chi connectivity index (χ3v) is 1.39. The van der Waals surface area contributed by atoms with Crippen LogP contribution in [0.1, 0.15) is 27.7 Å². The van der Waals surface area contributed by atoms with Gasteiger partial charge in [-0.1, -0.05) is 0 Å². The van der Waals surface area contributed by atoms with Crippen molar-refractivity contribution < 1.29 is 38.5 Å². The third kappa shape index (κ3) is 85.5. The van der Waals surface area contributed by atoms with Crippen molar-refractivity contribution in [3.8, 4) is 0 Å². The van der Waals surface area contributed by atoms with E-state index in [1.165, 1.54) is 0 Å². The predicted octanol–water partition coefficient (Wildman–Crippen LogP) is 0.214. The minimum atomic E-state index is -0.724. The minimum absolute atomic E-state index is 0.223. The van der Waals surface area contributed by atoms with Crippen molar-refractivity contribution in [2.45, 2.75) is 27.7 Å². The average Bonchev–Trinajstić information content (AvgIpc) is 2.55. The van der Waals surface area contributed by atoms with Crippen LogP contribution in [-0.2, 0) is 38.5 Å². The van der Waals surface area contributed by atoms with Crippen LogP contribution in [-0.4, -0.2) is 152 Å². The first-order valence-corrected chi connectivity index (χ1v) is 10.9. The molecule has 0 spiro atoms. The Hall–Kier alpha value is -2.36. The fourth-order valence-electron chi connectivity index (χ4n) is 0.957. The SMILES string of the molecule is CC(=O)ON(CCN(OC(C)=O)OC(C)=O)OC(C)=O.CN(C)C.CN(C)C.CN(C)C.CN(C)C. The zero-order valence-electron chi connectivity index (χ0n) is 25.4. The highest BCUT2D eigenvalue weighted by Gasteiger charge is 2.19. The molecule has 218 valence electrons. The summed E-state index contributed by atoms with van der Waals surface area (Å²) in [6, 6.07) is 0. The summed E-state index contributed by atoms with van der Waals surface area (Å²) < 4.78 is 0. The molecule has 0 atom stereocenters. The van der Waals surface area contributed by atoms with Crippen LogP contribution >= 0.6 is 0 Å². The zero-order valence-corrected chi connectivity index (χ0v) is 25.4. The average molecular weight is 529 g/mol. The van der Waals surface area contributed by atoms with Crippen LogP contribution in [0.25, 0.3) is 0 Å². The smallest absolute Gasteiger partial charge is 0.326 e. The van der Waals surface area contributed by atoms with Crippen LogP contribution in [0.2, 0.25) is 0 Å². The Morgan fingerprint density at radius 3 is 0.583 bits per heavy atom. The molecule has 0 fully saturated rings. The van der Waals surface area contributed by atoms with E-state index in [9.17, 15) is 19.2 Å². The van der Waals surface area contributed by atoms with Crippen LogP contribution < -0.4 is 0 Å². The molecular weight excluding hydrogens is 476 g/mol. The van der Waals surface area contributed by atoms with Gasteiger partial charge in [0.1, 0.15) is 0 Å². The maximum Gasteiger partial charge on any atom is 0.326 e. The third-order valence-electron chi connectivity index (χ3n) is 1.39. The van der Waals surface area contributed by atoms with E-state index in [1.807, 2.05) is 104 Å². The van der Waals surface area contributed by atoms with Crippen molar-refractivity contribution in [3.05, 3.63) is 0 Å². The number of carbonyl (C=O) groups excluding carboxylic acids is 4. The summed E-state index contributed by atoms with van der Waals surface area (Å²) in [5.41, 5.74) is 0. The first-order chi connectivity index (χ1) is 16.1. The van der Waals surface area contributed by atoms with Gasteiger partial charge in [0.2, 0.25) is 0 Å². The lowest BCUT2D eigenvalue weighted by atomic mass is 10.7. The Kier molecular flexibility index (Phi) is 35.0. The molecule has 14 heteroatoms. The monoisotopic (exact) mass is 528 g/mol. The van der Waals surface area contributed by atoms with E-state index < -0.39 is 23.9 Å². The van der Waals surface area contributed by atoms with Gasteiger partial charge >= 0.3 is 23.9 Å². The summed E-state index contributed by atoms with van der Waals surface area (Å²) in [7, 11) is 24.0. The van der Waals surface area contributed by atoms with E-state index in [0.717, 1.165) is 27.7 Å². The summed E-state index contributed by atoms with van der Waals surface area (Å²) >= 11 is 0. The Morgan fingerprint density at radius 2 is 0.500 bits per heavy atom. The number of carbonyl (C=O) groups is 4. The van der Waals surface area contributed by atoms with E-state index in [2.05, 4.69) is 19.4 Å². The molecule has 0 aliphatic heterocycles. The second-order valence-corrected chi connectivity index (χ2v) is 8.81. The maximum absolute atomic E-state index is 10.8.